The third-order valence-corrected chi connectivity index (χ3v) is 4.74. The molecule has 0 amide bonds. The molecule has 6 heteroatoms. The highest BCUT2D eigenvalue weighted by Gasteiger charge is 2.30. The maximum absolute atomic E-state index is 12.7. The molecule has 0 saturated carbocycles. The molecule has 2 heterocycles. The van der Waals surface area contributed by atoms with E-state index < -0.39 is 5.97 Å². The van der Waals surface area contributed by atoms with E-state index in [0.717, 1.165) is 10.0 Å². The van der Waals surface area contributed by atoms with Crippen LogP contribution in [0.3, 0.4) is 0 Å². The van der Waals surface area contributed by atoms with Crippen LogP contribution in [0.25, 0.3) is 6.08 Å². The second-order valence-corrected chi connectivity index (χ2v) is 7.15. The Balaban J connectivity index is 1.60. The Kier molecular flexibility index (Phi) is 4.79. The lowest BCUT2D eigenvalue weighted by Gasteiger charge is -2.08. The fourth-order valence-corrected chi connectivity index (χ4v) is 3.17. The highest BCUT2D eigenvalue weighted by atomic mass is 79.9. The molecular weight excluding hydrogens is 422 g/mol. The number of fused-ring (bicyclic) bond motifs is 1. The van der Waals surface area contributed by atoms with Crippen molar-refractivity contribution in [3.05, 3.63) is 93.4 Å². The summed E-state index contributed by atoms with van der Waals surface area (Å²) >= 11 is 3.33. The molecule has 5 nitrogen and oxygen atoms in total. The number of aryl methyl sites for hydroxylation is 1. The summed E-state index contributed by atoms with van der Waals surface area (Å²) in [6, 6.07) is 13.7. The van der Waals surface area contributed by atoms with Crippen LogP contribution in [-0.2, 0) is 0 Å². The molecule has 0 unspecified atom stereocenters. The lowest BCUT2D eigenvalue weighted by Crippen LogP contribution is -2.08. The van der Waals surface area contributed by atoms with Crippen LogP contribution >= 0.6 is 15.9 Å². The number of nitrogens with zero attached hydrogens (tertiary/aromatic N) is 1. The zero-order chi connectivity index (χ0) is 19.7. The number of rotatable bonds is 3. The predicted octanol–water partition coefficient (Wildman–Crippen LogP) is 4.99. The summed E-state index contributed by atoms with van der Waals surface area (Å²) in [5, 5.41) is 0. The van der Waals surface area contributed by atoms with Crippen molar-refractivity contribution in [1.29, 1.82) is 0 Å². The van der Waals surface area contributed by atoms with Gasteiger partial charge in [-0.3, -0.25) is 9.78 Å². The average Bonchev–Trinajstić information content (AvgIpc) is 2.99. The first-order valence-corrected chi connectivity index (χ1v) is 9.27. The summed E-state index contributed by atoms with van der Waals surface area (Å²) in [5.74, 6) is 0.213. The smallest absolute Gasteiger partial charge is 0.343 e. The summed E-state index contributed by atoms with van der Waals surface area (Å²) in [4.78, 5) is 29.1. The van der Waals surface area contributed by atoms with Gasteiger partial charge in [-0.15, -0.1) is 0 Å². The van der Waals surface area contributed by atoms with Gasteiger partial charge in [0.05, 0.1) is 11.1 Å². The summed E-state index contributed by atoms with van der Waals surface area (Å²) in [6.07, 6.45) is 4.94. The Morgan fingerprint density at radius 2 is 1.96 bits per heavy atom. The van der Waals surface area contributed by atoms with Gasteiger partial charge in [-0.2, -0.15) is 0 Å². The minimum atomic E-state index is -0.484. The molecule has 1 aliphatic heterocycles. The molecule has 2 aromatic carbocycles. The average molecular weight is 436 g/mol. The highest BCUT2D eigenvalue weighted by molar-refractivity contribution is 9.10. The van der Waals surface area contributed by atoms with Gasteiger partial charge in [-0.25, -0.2) is 4.79 Å². The quantitative estimate of drug-likeness (QED) is 0.329. The number of halogens is 1. The fraction of sp³-hybridized carbons (Fsp3) is 0.0455. The van der Waals surface area contributed by atoms with Gasteiger partial charge in [-0.05, 0) is 60.5 Å². The Morgan fingerprint density at radius 3 is 2.68 bits per heavy atom. The van der Waals surface area contributed by atoms with E-state index in [4.69, 9.17) is 9.47 Å². The van der Waals surface area contributed by atoms with Crippen molar-refractivity contribution in [2.24, 2.45) is 0 Å². The van der Waals surface area contributed by atoms with E-state index >= 15 is 0 Å². The maximum Gasteiger partial charge on any atom is 0.343 e. The summed E-state index contributed by atoms with van der Waals surface area (Å²) in [6.45, 7) is 1.78. The van der Waals surface area contributed by atoms with E-state index in [9.17, 15) is 9.59 Å². The van der Waals surface area contributed by atoms with E-state index in [0.29, 0.717) is 28.2 Å². The number of ketones is 1. The zero-order valence-corrected chi connectivity index (χ0v) is 16.4. The van der Waals surface area contributed by atoms with Crippen LogP contribution in [0, 0.1) is 6.92 Å². The topological polar surface area (TPSA) is 65.5 Å². The van der Waals surface area contributed by atoms with Crippen molar-refractivity contribution in [2.75, 3.05) is 0 Å². The molecule has 0 bridgehead atoms. The lowest BCUT2D eigenvalue weighted by atomic mass is 10.0. The Hall–Kier alpha value is -3.25. The summed E-state index contributed by atoms with van der Waals surface area (Å²) in [5.41, 5.74) is 2.34. The number of pyridine rings is 1. The molecule has 4 rings (SSSR count). The van der Waals surface area contributed by atoms with Gasteiger partial charge in [-0.1, -0.05) is 22.0 Å². The Bertz CT molecular complexity index is 1110. The molecule has 138 valence electrons. The van der Waals surface area contributed by atoms with E-state index in [-0.39, 0.29) is 11.5 Å². The normalized spacial score (nSPS) is 13.9. The molecule has 1 aromatic heterocycles. The first-order valence-electron chi connectivity index (χ1n) is 8.48. The molecule has 0 radical (unpaired) electrons. The summed E-state index contributed by atoms with van der Waals surface area (Å²) in [7, 11) is 0. The maximum atomic E-state index is 12.7. The van der Waals surface area contributed by atoms with Crippen LogP contribution in [0.2, 0.25) is 0 Å². The van der Waals surface area contributed by atoms with Gasteiger partial charge < -0.3 is 9.47 Å². The minimum Gasteiger partial charge on any atom is -0.452 e. The highest BCUT2D eigenvalue weighted by Crippen LogP contribution is 2.37. The third-order valence-electron chi connectivity index (χ3n) is 4.22. The van der Waals surface area contributed by atoms with E-state index in [1.54, 1.807) is 67.9 Å². The number of hydrogen-bond donors (Lipinski definition) is 0. The largest absolute Gasteiger partial charge is 0.452 e. The number of ether oxygens (including phenoxy) is 2. The minimum absolute atomic E-state index is 0.206. The number of carbonyl (C=O) groups excluding carboxylic acids is 2. The number of aromatic nitrogens is 1. The second kappa shape index (κ2) is 7.40. The van der Waals surface area contributed by atoms with Crippen molar-refractivity contribution in [2.45, 2.75) is 6.92 Å². The van der Waals surface area contributed by atoms with Crippen molar-refractivity contribution < 1.29 is 19.1 Å². The zero-order valence-electron chi connectivity index (χ0n) is 14.8. The number of esters is 1. The molecule has 0 fully saturated rings. The van der Waals surface area contributed by atoms with E-state index in [2.05, 4.69) is 20.9 Å². The van der Waals surface area contributed by atoms with Crippen LogP contribution in [0.5, 0.6) is 11.5 Å². The van der Waals surface area contributed by atoms with E-state index in [1.165, 1.54) is 0 Å². The fourth-order valence-electron chi connectivity index (χ4n) is 2.90. The van der Waals surface area contributed by atoms with Crippen molar-refractivity contribution in [1.82, 2.24) is 4.98 Å². The molecule has 3 aromatic rings. The molecule has 1 aliphatic rings. The monoisotopic (exact) mass is 435 g/mol. The number of benzene rings is 2. The van der Waals surface area contributed by atoms with Gasteiger partial charge in [0.1, 0.15) is 11.5 Å². The Labute approximate surface area is 169 Å². The Morgan fingerprint density at radius 1 is 1.18 bits per heavy atom. The van der Waals surface area contributed by atoms with Crippen molar-refractivity contribution in [3.8, 4) is 11.5 Å². The van der Waals surface area contributed by atoms with Gasteiger partial charge in [0.25, 0.3) is 0 Å². The molecule has 0 atom stereocenters. The molecular formula is C22H14BrNO4. The van der Waals surface area contributed by atoms with Crippen LogP contribution in [0.4, 0.5) is 0 Å². The molecule has 0 spiro atoms. The van der Waals surface area contributed by atoms with Gasteiger partial charge in [0, 0.05) is 22.9 Å². The van der Waals surface area contributed by atoms with Gasteiger partial charge in [0.15, 0.2) is 5.76 Å². The van der Waals surface area contributed by atoms with E-state index in [1.807, 2.05) is 6.07 Å². The number of allylic oxidation sites excluding steroid dienone is 1. The SMILES string of the molecule is Cc1cc(OC(=O)c2ccc(Br)cc2)cc2c1C(=O)/C(=C/c1cccnc1)O2. The molecule has 28 heavy (non-hydrogen) atoms. The van der Waals surface area contributed by atoms with Gasteiger partial charge in [0.2, 0.25) is 5.78 Å². The third kappa shape index (κ3) is 3.59. The number of hydrogen-bond acceptors (Lipinski definition) is 5. The number of carbonyl (C=O) groups is 2. The summed E-state index contributed by atoms with van der Waals surface area (Å²) < 4.78 is 12.1. The second-order valence-electron chi connectivity index (χ2n) is 6.24. The molecule has 0 aliphatic carbocycles. The van der Waals surface area contributed by atoms with Crippen LogP contribution in [-0.4, -0.2) is 16.7 Å². The van der Waals surface area contributed by atoms with Crippen LogP contribution in [0.15, 0.2) is 71.2 Å². The van der Waals surface area contributed by atoms with Gasteiger partial charge >= 0.3 is 5.97 Å². The van der Waals surface area contributed by atoms with Crippen molar-refractivity contribution >= 4 is 33.8 Å². The predicted molar refractivity (Wildman–Crippen MR) is 107 cm³/mol. The lowest BCUT2D eigenvalue weighted by molar-refractivity contribution is 0.0734. The van der Waals surface area contributed by atoms with Crippen molar-refractivity contribution in [3.63, 3.8) is 0 Å². The van der Waals surface area contributed by atoms with Crippen LogP contribution < -0.4 is 9.47 Å². The number of Topliss-reactive ketones (excluding diaryl/α,β-unsaturated/α-hetero) is 1. The molecule has 0 N–H and O–H groups in total. The standard InChI is InChI=1S/C22H14BrNO4/c1-13-9-17(27-22(26)15-4-6-16(23)7-5-15)11-18-20(13)21(25)19(28-18)10-14-3-2-8-24-12-14/h2-12H,1H3/b19-10-. The first kappa shape index (κ1) is 18.1. The molecule has 0 saturated heterocycles. The first-order chi connectivity index (χ1) is 13.5. The van der Waals surface area contributed by atoms with Crippen LogP contribution in [0.1, 0.15) is 31.8 Å².